The van der Waals surface area contributed by atoms with Gasteiger partial charge < -0.3 is 20.2 Å². The van der Waals surface area contributed by atoms with Crippen molar-refractivity contribution in [3.05, 3.63) is 71.2 Å². The number of nitrogens with two attached hydrogens (primary N) is 1. The molecule has 4 rings (SSSR count). The topological polar surface area (TPSA) is 116 Å². The number of rotatable bonds is 7. The summed E-state index contributed by atoms with van der Waals surface area (Å²) in [4.78, 5) is 15.2. The highest BCUT2D eigenvalue weighted by molar-refractivity contribution is 5.92. The molecule has 0 atom stereocenters. The number of nitrogens with one attached hydrogen (secondary N) is 1. The summed E-state index contributed by atoms with van der Waals surface area (Å²) in [6.45, 7) is 4.42. The third-order valence-corrected chi connectivity index (χ3v) is 4.55. The van der Waals surface area contributed by atoms with Crippen molar-refractivity contribution in [2.24, 2.45) is 5.73 Å². The summed E-state index contributed by atoms with van der Waals surface area (Å²) in [7, 11) is 0. The molecule has 0 bridgehead atoms. The van der Waals surface area contributed by atoms with E-state index in [-0.39, 0.29) is 5.69 Å². The average Bonchev–Trinajstić information content (AvgIpc) is 3.19. The van der Waals surface area contributed by atoms with Crippen LogP contribution in [0.15, 0.2) is 53.3 Å². The molecule has 0 spiro atoms. The number of pyridine rings is 1. The van der Waals surface area contributed by atoms with Crippen LogP contribution >= 0.6 is 0 Å². The van der Waals surface area contributed by atoms with E-state index in [0.29, 0.717) is 30.3 Å². The van der Waals surface area contributed by atoms with Gasteiger partial charge in [-0.3, -0.25) is 9.78 Å². The smallest absolute Gasteiger partial charge is 0.277 e. The number of furan rings is 1. The lowest BCUT2D eigenvalue weighted by Crippen LogP contribution is -2.13. The van der Waals surface area contributed by atoms with Crippen molar-refractivity contribution in [2.45, 2.75) is 20.3 Å². The Morgan fingerprint density at radius 2 is 1.93 bits per heavy atom. The van der Waals surface area contributed by atoms with Crippen molar-refractivity contribution in [2.75, 3.05) is 11.9 Å². The lowest BCUT2D eigenvalue weighted by Gasteiger charge is -2.10. The van der Waals surface area contributed by atoms with Gasteiger partial charge in [-0.25, -0.2) is 0 Å². The highest BCUT2D eigenvalue weighted by Gasteiger charge is 2.14. The lowest BCUT2D eigenvalue weighted by molar-refractivity contribution is 0.0995. The SMILES string of the molecule is Cc1cc(C)cc(Nc2nnc(OCCc3ccnc(C(N)=O)c3)c3occc23)c1. The number of primary amides is 1. The fourth-order valence-electron chi connectivity index (χ4n) is 3.26. The predicted molar refractivity (Wildman–Crippen MR) is 113 cm³/mol. The quantitative estimate of drug-likeness (QED) is 0.483. The van der Waals surface area contributed by atoms with Crippen LogP contribution in [0.4, 0.5) is 11.5 Å². The Labute approximate surface area is 173 Å². The van der Waals surface area contributed by atoms with Gasteiger partial charge in [-0.1, -0.05) is 6.07 Å². The number of carbonyl (C=O) groups excluding carboxylic acids is 1. The summed E-state index contributed by atoms with van der Waals surface area (Å²) < 4.78 is 11.4. The Bertz CT molecular complexity index is 1200. The Kier molecular flexibility index (Phi) is 5.30. The zero-order chi connectivity index (χ0) is 21.1. The molecule has 0 unspecified atom stereocenters. The fourth-order valence-corrected chi connectivity index (χ4v) is 3.26. The van der Waals surface area contributed by atoms with Gasteiger partial charge in [-0.2, -0.15) is 0 Å². The number of aryl methyl sites for hydroxylation is 2. The van der Waals surface area contributed by atoms with E-state index >= 15 is 0 Å². The molecule has 3 aromatic heterocycles. The summed E-state index contributed by atoms with van der Waals surface area (Å²) in [6.07, 6.45) is 3.68. The molecule has 0 saturated heterocycles. The van der Waals surface area contributed by atoms with Gasteiger partial charge >= 0.3 is 0 Å². The van der Waals surface area contributed by atoms with Crippen molar-refractivity contribution in [1.29, 1.82) is 0 Å². The van der Waals surface area contributed by atoms with E-state index in [2.05, 4.69) is 26.6 Å². The second-order valence-electron chi connectivity index (χ2n) is 7.03. The van der Waals surface area contributed by atoms with E-state index < -0.39 is 5.91 Å². The standard InChI is InChI=1S/C22H21N5O3/c1-13-9-14(2)11-16(10-13)25-21-17-5-8-29-19(17)22(27-26-21)30-7-4-15-3-6-24-18(12-15)20(23)28/h3,5-6,8-12H,4,7H2,1-2H3,(H2,23,28)(H,25,26). The van der Waals surface area contributed by atoms with Gasteiger partial charge in [0.15, 0.2) is 5.82 Å². The van der Waals surface area contributed by atoms with E-state index in [1.807, 2.05) is 32.0 Å². The Morgan fingerprint density at radius 1 is 1.13 bits per heavy atom. The average molecular weight is 403 g/mol. The molecule has 8 heteroatoms. The van der Waals surface area contributed by atoms with Gasteiger partial charge in [0.1, 0.15) is 5.69 Å². The van der Waals surface area contributed by atoms with Crippen molar-refractivity contribution < 1.29 is 13.9 Å². The molecule has 0 aliphatic heterocycles. The minimum absolute atomic E-state index is 0.225. The lowest BCUT2D eigenvalue weighted by atomic mass is 10.1. The molecule has 1 aromatic carbocycles. The van der Waals surface area contributed by atoms with Crippen LogP contribution in [-0.2, 0) is 6.42 Å². The maximum absolute atomic E-state index is 11.3. The van der Waals surface area contributed by atoms with Crippen LogP contribution in [-0.4, -0.2) is 27.7 Å². The van der Waals surface area contributed by atoms with Gasteiger partial charge in [0.05, 0.1) is 18.3 Å². The first kappa shape index (κ1) is 19.4. The molecule has 3 heterocycles. The second kappa shape index (κ2) is 8.20. The summed E-state index contributed by atoms with van der Waals surface area (Å²) in [5, 5.41) is 12.5. The highest BCUT2D eigenvalue weighted by Crippen LogP contribution is 2.30. The number of aromatic nitrogens is 3. The van der Waals surface area contributed by atoms with Crippen LogP contribution < -0.4 is 15.8 Å². The molecule has 30 heavy (non-hydrogen) atoms. The summed E-state index contributed by atoms with van der Waals surface area (Å²) >= 11 is 0. The van der Waals surface area contributed by atoms with Crippen molar-refractivity contribution in [3.8, 4) is 5.88 Å². The van der Waals surface area contributed by atoms with E-state index in [1.54, 1.807) is 24.6 Å². The summed E-state index contributed by atoms with van der Waals surface area (Å²) in [5.41, 5.74) is 10.1. The van der Waals surface area contributed by atoms with E-state index in [0.717, 1.165) is 27.8 Å². The molecule has 0 saturated carbocycles. The van der Waals surface area contributed by atoms with Crippen LogP contribution in [0.25, 0.3) is 11.0 Å². The number of benzene rings is 1. The first-order valence-electron chi connectivity index (χ1n) is 9.46. The van der Waals surface area contributed by atoms with E-state index in [4.69, 9.17) is 14.9 Å². The Morgan fingerprint density at radius 3 is 2.70 bits per heavy atom. The monoisotopic (exact) mass is 403 g/mol. The van der Waals surface area contributed by atoms with Crippen LogP contribution in [0.5, 0.6) is 5.88 Å². The summed E-state index contributed by atoms with van der Waals surface area (Å²) in [5.74, 6) is 0.342. The number of hydrogen-bond donors (Lipinski definition) is 2. The van der Waals surface area contributed by atoms with Gasteiger partial charge in [0.25, 0.3) is 11.8 Å². The van der Waals surface area contributed by atoms with Crippen molar-refractivity contribution >= 4 is 28.4 Å². The van der Waals surface area contributed by atoms with E-state index in [9.17, 15) is 4.79 Å². The Balaban J connectivity index is 1.50. The van der Waals surface area contributed by atoms with E-state index in [1.165, 1.54) is 0 Å². The molecule has 0 fully saturated rings. The largest absolute Gasteiger partial charge is 0.474 e. The number of carbonyl (C=O) groups is 1. The van der Waals surface area contributed by atoms with Gasteiger partial charge in [-0.05, 0) is 60.9 Å². The molecule has 3 N–H and O–H groups in total. The molecule has 1 amide bonds. The number of fused-ring (bicyclic) bond motifs is 1. The number of anilines is 2. The zero-order valence-electron chi connectivity index (χ0n) is 16.7. The first-order valence-corrected chi connectivity index (χ1v) is 9.46. The zero-order valence-corrected chi connectivity index (χ0v) is 16.7. The van der Waals surface area contributed by atoms with Gasteiger partial charge in [-0.15, -0.1) is 10.2 Å². The molecule has 152 valence electrons. The Hall–Kier alpha value is -3.94. The molecular weight excluding hydrogens is 382 g/mol. The molecule has 0 aliphatic carbocycles. The number of amides is 1. The molecule has 0 aliphatic rings. The fraction of sp³-hybridized carbons (Fsp3) is 0.182. The normalized spacial score (nSPS) is 10.9. The van der Waals surface area contributed by atoms with Gasteiger partial charge in [0.2, 0.25) is 5.58 Å². The number of hydrogen-bond acceptors (Lipinski definition) is 7. The molecule has 0 radical (unpaired) electrons. The molecule has 8 nitrogen and oxygen atoms in total. The maximum atomic E-state index is 11.3. The maximum Gasteiger partial charge on any atom is 0.277 e. The second-order valence-corrected chi connectivity index (χ2v) is 7.03. The van der Waals surface area contributed by atoms with Crippen molar-refractivity contribution in [1.82, 2.24) is 15.2 Å². The van der Waals surface area contributed by atoms with Gasteiger partial charge in [0, 0.05) is 18.3 Å². The molecular formula is C22H21N5O3. The minimum atomic E-state index is -0.562. The number of ether oxygens (including phenoxy) is 1. The molecule has 4 aromatic rings. The van der Waals surface area contributed by atoms with Crippen molar-refractivity contribution in [3.63, 3.8) is 0 Å². The van der Waals surface area contributed by atoms with Crippen LogP contribution in [0.1, 0.15) is 27.2 Å². The number of nitrogens with zero attached hydrogens (tertiary/aromatic N) is 3. The first-order chi connectivity index (χ1) is 14.5. The third kappa shape index (κ3) is 4.22. The van der Waals surface area contributed by atoms with Crippen LogP contribution in [0, 0.1) is 13.8 Å². The third-order valence-electron chi connectivity index (χ3n) is 4.55. The van der Waals surface area contributed by atoms with Crippen LogP contribution in [0.3, 0.4) is 0 Å². The predicted octanol–water partition coefficient (Wildman–Crippen LogP) is 3.70. The van der Waals surface area contributed by atoms with Crippen LogP contribution in [0.2, 0.25) is 0 Å². The highest BCUT2D eigenvalue weighted by atomic mass is 16.5. The summed E-state index contributed by atoms with van der Waals surface area (Å²) in [6, 6.07) is 11.5. The minimum Gasteiger partial charge on any atom is -0.474 e.